The average Bonchev–Trinajstić information content (AvgIpc) is 2.81. The van der Waals surface area contributed by atoms with E-state index in [-0.39, 0.29) is 13.2 Å². The molecule has 214 valence electrons. The first-order chi connectivity index (χ1) is 17.1. The van der Waals surface area contributed by atoms with E-state index in [1.165, 1.54) is 77.0 Å². The Bertz CT molecular complexity index is 603. The van der Waals surface area contributed by atoms with Crippen LogP contribution in [0.25, 0.3) is 0 Å². The van der Waals surface area contributed by atoms with Crippen molar-refractivity contribution in [3.05, 3.63) is 24.3 Å². The first kappa shape index (κ1) is 35.5. The van der Waals surface area contributed by atoms with Crippen LogP contribution in [0, 0.1) is 0 Å². The summed E-state index contributed by atoms with van der Waals surface area (Å²) >= 11 is 0. The summed E-state index contributed by atoms with van der Waals surface area (Å²) in [5, 5.41) is 10.0. The SMILES string of the molecule is CCC/C=C\CCCC/C=C\CCCCCCCCCOC[C@@H](O)COP(=O)(O)C(CC)[N+](C)(C)C. The van der Waals surface area contributed by atoms with Gasteiger partial charge in [-0.1, -0.05) is 76.7 Å². The molecule has 2 N–H and O–H groups in total. The molecule has 0 spiro atoms. The molecule has 0 saturated carbocycles. The third-order valence-corrected chi connectivity index (χ3v) is 8.67. The zero-order chi connectivity index (χ0) is 27.1. The molecule has 0 aliphatic heterocycles. The summed E-state index contributed by atoms with van der Waals surface area (Å²) in [5.41, 5.74) is 0. The van der Waals surface area contributed by atoms with Gasteiger partial charge in [-0.2, -0.15) is 0 Å². The second-order valence-electron chi connectivity index (χ2n) is 10.9. The monoisotopic (exact) mass is 532 g/mol. The van der Waals surface area contributed by atoms with Crippen molar-refractivity contribution in [2.45, 2.75) is 122 Å². The topological polar surface area (TPSA) is 76.0 Å². The maximum absolute atomic E-state index is 12.5. The van der Waals surface area contributed by atoms with E-state index in [0.717, 1.165) is 12.8 Å². The van der Waals surface area contributed by atoms with Crippen molar-refractivity contribution in [1.82, 2.24) is 0 Å². The normalized spacial score (nSPS) is 16.1. The summed E-state index contributed by atoms with van der Waals surface area (Å²) in [5.74, 6) is -0.514. The number of ether oxygens (including phenoxy) is 1. The van der Waals surface area contributed by atoms with E-state index in [1.807, 2.05) is 28.1 Å². The van der Waals surface area contributed by atoms with Crippen LogP contribution in [0.3, 0.4) is 0 Å². The van der Waals surface area contributed by atoms with Gasteiger partial charge >= 0.3 is 7.60 Å². The number of aliphatic hydroxyl groups is 1. The van der Waals surface area contributed by atoms with Gasteiger partial charge in [0.05, 0.1) is 34.4 Å². The Morgan fingerprint density at radius 1 is 0.750 bits per heavy atom. The molecule has 0 saturated heterocycles. The number of hydrogen-bond donors (Lipinski definition) is 2. The van der Waals surface area contributed by atoms with E-state index in [9.17, 15) is 14.6 Å². The summed E-state index contributed by atoms with van der Waals surface area (Å²) in [7, 11) is 1.80. The second kappa shape index (κ2) is 22.5. The standard InChI is InChI=1S/C29H58NO5P/c1-6-8-9-10-11-12-13-14-15-16-17-18-19-20-21-22-23-24-25-34-26-28(31)27-35-36(32,33)29(7-2)30(3,4)5/h9-10,15-16,28-29,31H,6-8,11-14,17-27H2,1-5H3/p+1/b10-9-,16-15-/t28-,29?/m1/s1. The maximum Gasteiger partial charge on any atom is 0.385 e. The highest BCUT2D eigenvalue weighted by Gasteiger charge is 2.41. The average molecular weight is 533 g/mol. The lowest BCUT2D eigenvalue weighted by atomic mass is 10.1. The van der Waals surface area contributed by atoms with Crippen LogP contribution in [-0.2, 0) is 13.8 Å². The molecule has 0 fully saturated rings. The molecule has 2 unspecified atom stereocenters. The summed E-state index contributed by atoms with van der Waals surface area (Å²) in [4.78, 5) is 10.3. The lowest BCUT2D eigenvalue weighted by Crippen LogP contribution is -2.45. The molecule has 0 aliphatic carbocycles. The number of aliphatic hydroxyl groups excluding tert-OH is 1. The first-order valence-electron chi connectivity index (χ1n) is 14.5. The number of hydrogen-bond acceptors (Lipinski definition) is 4. The molecule has 7 heteroatoms. The highest BCUT2D eigenvalue weighted by atomic mass is 31.2. The summed E-state index contributed by atoms with van der Waals surface area (Å²) in [6.45, 7) is 4.64. The van der Waals surface area contributed by atoms with Gasteiger partial charge in [-0.05, 0) is 51.4 Å². The Morgan fingerprint density at radius 2 is 1.22 bits per heavy atom. The van der Waals surface area contributed by atoms with Gasteiger partial charge in [0, 0.05) is 13.0 Å². The van der Waals surface area contributed by atoms with Crippen LogP contribution in [-0.4, -0.2) is 67.3 Å². The van der Waals surface area contributed by atoms with E-state index in [4.69, 9.17) is 9.26 Å². The fraction of sp³-hybridized carbons (Fsp3) is 0.862. The number of quaternary nitrogens is 1. The molecular formula is C29H59NO5P+. The molecule has 0 bridgehead atoms. The predicted molar refractivity (Wildman–Crippen MR) is 153 cm³/mol. The van der Waals surface area contributed by atoms with Gasteiger partial charge in [0.2, 0.25) is 0 Å². The van der Waals surface area contributed by atoms with Crippen molar-refractivity contribution in [1.29, 1.82) is 0 Å². The molecule has 0 aromatic carbocycles. The van der Waals surface area contributed by atoms with Crippen LogP contribution in [0.4, 0.5) is 0 Å². The summed E-state index contributed by atoms with van der Waals surface area (Å²) in [6.07, 6.45) is 26.2. The summed E-state index contributed by atoms with van der Waals surface area (Å²) in [6, 6.07) is 0. The Balaban J connectivity index is 3.54. The van der Waals surface area contributed by atoms with Gasteiger partial charge in [0.25, 0.3) is 0 Å². The Labute approximate surface area is 223 Å². The zero-order valence-electron chi connectivity index (χ0n) is 24.2. The van der Waals surface area contributed by atoms with Gasteiger partial charge < -0.3 is 23.7 Å². The molecule has 0 aliphatic rings. The van der Waals surface area contributed by atoms with Crippen LogP contribution >= 0.6 is 7.60 Å². The number of nitrogens with zero attached hydrogens (tertiary/aromatic N) is 1. The maximum atomic E-state index is 12.5. The number of unbranched alkanes of at least 4 members (excludes halogenated alkanes) is 11. The smallest absolute Gasteiger partial charge is 0.385 e. The molecule has 6 nitrogen and oxygen atoms in total. The zero-order valence-corrected chi connectivity index (χ0v) is 25.1. The van der Waals surface area contributed by atoms with Crippen molar-refractivity contribution >= 4 is 7.60 Å². The van der Waals surface area contributed by atoms with Crippen molar-refractivity contribution in [3.63, 3.8) is 0 Å². The van der Waals surface area contributed by atoms with Crippen LogP contribution in [0.1, 0.15) is 110 Å². The molecular weight excluding hydrogens is 473 g/mol. The van der Waals surface area contributed by atoms with Crippen molar-refractivity contribution in [3.8, 4) is 0 Å². The Kier molecular flexibility index (Phi) is 22.2. The van der Waals surface area contributed by atoms with Crippen molar-refractivity contribution in [2.75, 3.05) is 41.0 Å². The molecule has 36 heavy (non-hydrogen) atoms. The quantitative estimate of drug-likeness (QED) is 0.0548. The predicted octanol–water partition coefficient (Wildman–Crippen LogP) is 7.60. The molecule has 0 aromatic rings. The number of allylic oxidation sites excluding steroid dienone is 4. The van der Waals surface area contributed by atoms with Crippen LogP contribution in [0.15, 0.2) is 24.3 Å². The first-order valence-corrected chi connectivity index (χ1v) is 16.1. The van der Waals surface area contributed by atoms with Crippen molar-refractivity contribution < 1.29 is 28.3 Å². The van der Waals surface area contributed by atoms with Crippen LogP contribution in [0.5, 0.6) is 0 Å². The van der Waals surface area contributed by atoms with Gasteiger partial charge in [-0.3, -0.25) is 4.57 Å². The molecule has 0 rings (SSSR count). The van der Waals surface area contributed by atoms with Gasteiger partial charge in [-0.15, -0.1) is 0 Å². The van der Waals surface area contributed by atoms with Crippen LogP contribution in [0.2, 0.25) is 0 Å². The fourth-order valence-electron chi connectivity index (χ4n) is 4.28. The van der Waals surface area contributed by atoms with Gasteiger partial charge in [-0.25, -0.2) is 0 Å². The van der Waals surface area contributed by atoms with E-state index in [1.54, 1.807) is 0 Å². The minimum absolute atomic E-state index is 0.130. The Morgan fingerprint density at radius 3 is 1.72 bits per heavy atom. The third kappa shape index (κ3) is 20.6. The summed E-state index contributed by atoms with van der Waals surface area (Å²) < 4.78 is 23.6. The van der Waals surface area contributed by atoms with Crippen molar-refractivity contribution in [2.24, 2.45) is 0 Å². The highest BCUT2D eigenvalue weighted by Crippen LogP contribution is 2.51. The molecule has 3 atom stereocenters. The minimum atomic E-state index is -3.81. The molecule has 0 radical (unpaired) electrons. The lowest BCUT2D eigenvalue weighted by Gasteiger charge is -2.35. The van der Waals surface area contributed by atoms with E-state index in [2.05, 4.69) is 31.2 Å². The van der Waals surface area contributed by atoms with E-state index >= 15 is 0 Å². The van der Waals surface area contributed by atoms with Gasteiger partial charge in [0.15, 0.2) is 5.78 Å². The number of rotatable bonds is 25. The lowest BCUT2D eigenvalue weighted by molar-refractivity contribution is -0.883. The van der Waals surface area contributed by atoms with E-state index < -0.39 is 19.5 Å². The second-order valence-corrected chi connectivity index (χ2v) is 12.9. The van der Waals surface area contributed by atoms with E-state index in [0.29, 0.717) is 17.5 Å². The minimum Gasteiger partial charge on any atom is -0.388 e. The molecule has 0 aromatic heterocycles. The Hall–Kier alpha value is -0.490. The molecule has 0 amide bonds. The molecule has 0 heterocycles. The fourth-order valence-corrected chi connectivity index (χ4v) is 6.17. The third-order valence-electron chi connectivity index (χ3n) is 6.34. The van der Waals surface area contributed by atoms with Gasteiger partial charge in [0.1, 0.15) is 6.10 Å². The highest BCUT2D eigenvalue weighted by molar-refractivity contribution is 7.53. The van der Waals surface area contributed by atoms with Crippen LogP contribution < -0.4 is 0 Å². The largest absolute Gasteiger partial charge is 0.388 e.